The molecule has 18 heavy (non-hydrogen) atoms. The fourth-order valence-electron chi connectivity index (χ4n) is 3.14. The second-order valence-corrected chi connectivity index (χ2v) is 5.89. The van der Waals surface area contributed by atoms with Crippen LogP contribution in [0.3, 0.4) is 0 Å². The number of rotatable bonds is 4. The molecule has 1 aliphatic carbocycles. The summed E-state index contributed by atoms with van der Waals surface area (Å²) in [6.45, 7) is 3.85. The maximum atomic E-state index is 12.1. The molecule has 1 saturated heterocycles. The normalized spacial score (nSPS) is 30.1. The molecule has 1 amide bonds. The second-order valence-electron chi connectivity index (χ2n) is 5.89. The molecule has 1 heterocycles. The highest BCUT2D eigenvalue weighted by atomic mass is 16.1. The monoisotopic (exact) mass is 253 g/mol. The number of hydrogen-bond donors (Lipinski definition) is 3. The van der Waals surface area contributed by atoms with Crippen LogP contribution in [0.4, 0.5) is 0 Å². The molecule has 1 aliphatic heterocycles. The lowest BCUT2D eigenvalue weighted by molar-refractivity contribution is -0.126. The maximum Gasteiger partial charge on any atom is 0.223 e. The summed E-state index contributed by atoms with van der Waals surface area (Å²) in [7, 11) is 0. The first kappa shape index (κ1) is 13.8. The van der Waals surface area contributed by atoms with Crippen LogP contribution in [-0.4, -0.2) is 32.1 Å². The molecular weight excluding hydrogens is 226 g/mol. The molecule has 0 aromatic carbocycles. The summed E-state index contributed by atoms with van der Waals surface area (Å²) in [5, 5.41) is 6.51. The van der Waals surface area contributed by atoms with Crippen LogP contribution in [0.15, 0.2) is 0 Å². The highest BCUT2D eigenvalue weighted by Crippen LogP contribution is 2.28. The van der Waals surface area contributed by atoms with Crippen LogP contribution >= 0.6 is 0 Å². The van der Waals surface area contributed by atoms with Gasteiger partial charge in [0.25, 0.3) is 0 Å². The molecular formula is C14H27N3O. The molecule has 4 N–H and O–H groups in total. The Morgan fingerprint density at radius 3 is 2.33 bits per heavy atom. The van der Waals surface area contributed by atoms with Gasteiger partial charge < -0.3 is 16.4 Å². The van der Waals surface area contributed by atoms with E-state index >= 15 is 0 Å². The zero-order valence-corrected chi connectivity index (χ0v) is 11.3. The van der Waals surface area contributed by atoms with E-state index in [1.807, 2.05) is 0 Å². The second kappa shape index (κ2) is 7.10. The molecule has 0 aromatic heterocycles. The van der Waals surface area contributed by atoms with Crippen molar-refractivity contribution < 1.29 is 4.79 Å². The predicted octanol–water partition coefficient (Wildman–Crippen LogP) is 0.867. The zero-order chi connectivity index (χ0) is 12.8. The number of carbonyl (C=O) groups excluding carboxylic acids is 1. The number of carbonyl (C=O) groups is 1. The zero-order valence-electron chi connectivity index (χ0n) is 11.3. The Morgan fingerprint density at radius 2 is 1.72 bits per heavy atom. The number of amides is 1. The summed E-state index contributed by atoms with van der Waals surface area (Å²) >= 11 is 0. The summed E-state index contributed by atoms with van der Waals surface area (Å²) in [5.74, 6) is 1.85. The smallest absolute Gasteiger partial charge is 0.223 e. The van der Waals surface area contributed by atoms with Gasteiger partial charge in [-0.15, -0.1) is 0 Å². The van der Waals surface area contributed by atoms with Crippen LogP contribution in [0, 0.1) is 17.8 Å². The summed E-state index contributed by atoms with van der Waals surface area (Å²) in [5.41, 5.74) is 5.67. The number of piperidine rings is 1. The average Bonchev–Trinajstić information content (AvgIpc) is 2.46. The van der Waals surface area contributed by atoms with E-state index in [1.165, 1.54) is 12.8 Å². The third-order valence-corrected chi connectivity index (χ3v) is 4.57. The average molecular weight is 253 g/mol. The predicted molar refractivity (Wildman–Crippen MR) is 73.1 cm³/mol. The van der Waals surface area contributed by atoms with Crippen molar-refractivity contribution >= 4 is 5.91 Å². The van der Waals surface area contributed by atoms with E-state index in [9.17, 15) is 4.79 Å². The molecule has 2 rings (SSSR count). The molecule has 2 aliphatic rings. The number of nitrogens with one attached hydrogen (secondary N) is 2. The quantitative estimate of drug-likeness (QED) is 0.696. The van der Waals surface area contributed by atoms with E-state index in [2.05, 4.69) is 10.6 Å². The molecule has 0 spiro atoms. The molecule has 0 aromatic rings. The Hall–Kier alpha value is -0.610. The highest BCUT2D eigenvalue weighted by Gasteiger charge is 2.26. The van der Waals surface area contributed by atoms with E-state index in [0.717, 1.165) is 51.9 Å². The Morgan fingerprint density at radius 1 is 1.06 bits per heavy atom. The minimum atomic E-state index is 0.245. The lowest BCUT2D eigenvalue weighted by atomic mass is 9.81. The lowest BCUT2D eigenvalue weighted by Gasteiger charge is -2.28. The fourth-order valence-corrected chi connectivity index (χ4v) is 3.14. The van der Waals surface area contributed by atoms with Crippen LogP contribution in [0.2, 0.25) is 0 Å². The fraction of sp³-hybridized carbons (Fsp3) is 0.929. The Bertz CT molecular complexity index is 256. The number of hydrogen-bond acceptors (Lipinski definition) is 3. The van der Waals surface area contributed by atoms with E-state index in [-0.39, 0.29) is 11.8 Å². The van der Waals surface area contributed by atoms with Crippen LogP contribution < -0.4 is 16.4 Å². The summed E-state index contributed by atoms with van der Waals surface area (Å²) in [6.07, 6.45) is 6.70. The molecule has 4 nitrogen and oxygen atoms in total. The molecule has 0 radical (unpaired) electrons. The number of nitrogens with two attached hydrogens (primary N) is 1. The van der Waals surface area contributed by atoms with Crippen LogP contribution in [0.5, 0.6) is 0 Å². The van der Waals surface area contributed by atoms with Crippen molar-refractivity contribution in [2.45, 2.75) is 38.5 Å². The van der Waals surface area contributed by atoms with Crippen molar-refractivity contribution in [3.05, 3.63) is 0 Å². The van der Waals surface area contributed by atoms with Gasteiger partial charge in [-0.3, -0.25) is 4.79 Å². The topological polar surface area (TPSA) is 67.2 Å². The van der Waals surface area contributed by atoms with Gasteiger partial charge in [0.2, 0.25) is 5.91 Å². The van der Waals surface area contributed by atoms with Crippen LogP contribution in [0.1, 0.15) is 38.5 Å². The van der Waals surface area contributed by atoms with Gasteiger partial charge in [-0.25, -0.2) is 0 Å². The standard InChI is InChI=1S/C14H27N3O/c15-9-11-1-3-13(4-2-11)14(18)17-10-12-5-7-16-8-6-12/h11-13,16H,1-10,15H2,(H,17,18). The van der Waals surface area contributed by atoms with E-state index < -0.39 is 0 Å². The minimum Gasteiger partial charge on any atom is -0.356 e. The van der Waals surface area contributed by atoms with Crippen molar-refractivity contribution in [3.8, 4) is 0 Å². The van der Waals surface area contributed by atoms with E-state index in [1.54, 1.807) is 0 Å². The lowest BCUT2D eigenvalue weighted by Crippen LogP contribution is -2.39. The Labute approximate surface area is 110 Å². The largest absolute Gasteiger partial charge is 0.356 e. The van der Waals surface area contributed by atoms with Gasteiger partial charge in [0.1, 0.15) is 0 Å². The van der Waals surface area contributed by atoms with Gasteiger partial charge in [-0.05, 0) is 70.0 Å². The van der Waals surface area contributed by atoms with Gasteiger partial charge in [0, 0.05) is 12.5 Å². The van der Waals surface area contributed by atoms with Crippen molar-refractivity contribution in [2.75, 3.05) is 26.2 Å². The third-order valence-electron chi connectivity index (χ3n) is 4.57. The van der Waals surface area contributed by atoms with Gasteiger partial charge in [0.15, 0.2) is 0 Å². The molecule has 2 fully saturated rings. The molecule has 1 saturated carbocycles. The summed E-state index contributed by atoms with van der Waals surface area (Å²) in [4.78, 5) is 12.1. The molecule has 0 bridgehead atoms. The molecule has 0 atom stereocenters. The van der Waals surface area contributed by atoms with Crippen molar-refractivity contribution in [1.82, 2.24) is 10.6 Å². The first-order valence-corrected chi connectivity index (χ1v) is 7.48. The first-order valence-electron chi connectivity index (χ1n) is 7.48. The molecule has 104 valence electrons. The summed E-state index contributed by atoms with van der Waals surface area (Å²) < 4.78 is 0. The molecule has 0 unspecified atom stereocenters. The first-order chi connectivity index (χ1) is 8.79. The van der Waals surface area contributed by atoms with E-state index in [4.69, 9.17) is 5.73 Å². The minimum absolute atomic E-state index is 0.245. The third kappa shape index (κ3) is 3.95. The van der Waals surface area contributed by atoms with Crippen LogP contribution in [0.25, 0.3) is 0 Å². The van der Waals surface area contributed by atoms with E-state index in [0.29, 0.717) is 11.8 Å². The van der Waals surface area contributed by atoms with Crippen molar-refractivity contribution in [1.29, 1.82) is 0 Å². The van der Waals surface area contributed by atoms with Gasteiger partial charge in [-0.1, -0.05) is 0 Å². The maximum absolute atomic E-state index is 12.1. The molecule has 4 heteroatoms. The van der Waals surface area contributed by atoms with Crippen molar-refractivity contribution in [3.63, 3.8) is 0 Å². The summed E-state index contributed by atoms with van der Waals surface area (Å²) in [6, 6.07) is 0. The van der Waals surface area contributed by atoms with Gasteiger partial charge in [-0.2, -0.15) is 0 Å². The van der Waals surface area contributed by atoms with Crippen LogP contribution in [-0.2, 0) is 4.79 Å². The highest BCUT2D eigenvalue weighted by molar-refractivity contribution is 5.78. The Kier molecular flexibility index (Phi) is 5.45. The Balaban J connectivity index is 1.65. The van der Waals surface area contributed by atoms with Gasteiger partial charge in [0.05, 0.1) is 0 Å². The van der Waals surface area contributed by atoms with Gasteiger partial charge >= 0.3 is 0 Å². The van der Waals surface area contributed by atoms with Crippen molar-refractivity contribution in [2.24, 2.45) is 23.5 Å². The SMILES string of the molecule is NCC1CCC(C(=O)NCC2CCNCC2)CC1.